The van der Waals surface area contributed by atoms with E-state index in [1.807, 2.05) is 0 Å². The van der Waals surface area contributed by atoms with Crippen molar-refractivity contribution in [1.82, 2.24) is 14.8 Å². The van der Waals surface area contributed by atoms with Gasteiger partial charge in [0.25, 0.3) is 0 Å². The van der Waals surface area contributed by atoms with Gasteiger partial charge >= 0.3 is 6.18 Å². The topological polar surface area (TPSA) is 56.7 Å². The van der Waals surface area contributed by atoms with E-state index in [1.165, 1.54) is 16.9 Å². The van der Waals surface area contributed by atoms with Crippen molar-refractivity contribution in [3.05, 3.63) is 35.8 Å². The van der Waals surface area contributed by atoms with Crippen molar-refractivity contribution in [2.75, 3.05) is 5.73 Å². The van der Waals surface area contributed by atoms with Gasteiger partial charge in [-0.1, -0.05) is 0 Å². The Bertz CT molecular complexity index is 508. The molecule has 17 heavy (non-hydrogen) atoms. The molecule has 0 bridgehead atoms. The summed E-state index contributed by atoms with van der Waals surface area (Å²) in [6.07, 6.45) is -2.11. The van der Waals surface area contributed by atoms with E-state index in [9.17, 15) is 13.2 Å². The molecular formula is C10H9F3N4. The van der Waals surface area contributed by atoms with Crippen LogP contribution in [0.1, 0.15) is 11.3 Å². The first-order valence-corrected chi connectivity index (χ1v) is 4.73. The van der Waals surface area contributed by atoms with Crippen molar-refractivity contribution >= 4 is 5.69 Å². The molecule has 2 rings (SSSR count). The fraction of sp³-hybridized carbons (Fsp3) is 0.200. The Morgan fingerprint density at radius 1 is 1.29 bits per heavy atom. The summed E-state index contributed by atoms with van der Waals surface area (Å²) in [4.78, 5) is 3.69. The minimum Gasteiger partial charge on any atom is -0.396 e. The number of aryl methyl sites for hydroxylation is 1. The maximum absolute atomic E-state index is 12.3. The summed E-state index contributed by atoms with van der Waals surface area (Å²) in [5.41, 5.74) is 5.86. The third-order valence-electron chi connectivity index (χ3n) is 2.25. The van der Waals surface area contributed by atoms with E-state index < -0.39 is 11.7 Å². The number of hydrogen-bond donors (Lipinski definition) is 1. The van der Waals surface area contributed by atoms with Crippen LogP contribution in [0, 0.1) is 6.92 Å². The number of nitrogen functional groups attached to an aromatic ring is 1. The van der Waals surface area contributed by atoms with Crippen LogP contribution in [0.3, 0.4) is 0 Å². The number of nitrogens with zero attached hydrogens (tertiary/aromatic N) is 3. The third kappa shape index (κ3) is 2.22. The van der Waals surface area contributed by atoms with Crippen molar-refractivity contribution in [1.29, 1.82) is 0 Å². The van der Waals surface area contributed by atoms with Crippen LogP contribution in [0.25, 0.3) is 5.82 Å². The van der Waals surface area contributed by atoms with Crippen LogP contribution in [0.15, 0.2) is 24.5 Å². The molecule has 0 saturated carbocycles. The Balaban J connectivity index is 2.36. The lowest BCUT2D eigenvalue weighted by Gasteiger charge is -2.06. The van der Waals surface area contributed by atoms with Gasteiger partial charge in [0.1, 0.15) is 0 Å². The molecule has 0 aliphatic heterocycles. The minimum atomic E-state index is -4.38. The Kier molecular flexibility index (Phi) is 2.53. The molecule has 0 amide bonds. The fourth-order valence-electron chi connectivity index (χ4n) is 1.28. The highest BCUT2D eigenvalue weighted by atomic mass is 19.4. The summed E-state index contributed by atoms with van der Waals surface area (Å²) < 4.78 is 38.3. The first-order chi connectivity index (χ1) is 7.88. The molecule has 0 saturated heterocycles. The number of halogens is 3. The molecule has 4 nitrogen and oxygen atoms in total. The number of pyridine rings is 1. The van der Waals surface area contributed by atoms with Gasteiger partial charge in [-0.15, -0.1) is 0 Å². The zero-order chi connectivity index (χ0) is 12.6. The minimum absolute atomic E-state index is 0.290. The molecular weight excluding hydrogens is 233 g/mol. The van der Waals surface area contributed by atoms with Crippen molar-refractivity contribution in [3.8, 4) is 5.82 Å². The van der Waals surface area contributed by atoms with E-state index in [2.05, 4.69) is 10.1 Å². The summed E-state index contributed by atoms with van der Waals surface area (Å²) in [5.74, 6) is 0.290. The highest BCUT2D eigenvalue weighted by molar-refractivity contribution is 5.42. The summed E-state index contributed by atoms with van der Waals surface area (Å²) in [7, 11) is 0. The molecule has 2 heterocycles. The van der Waals surface area contributed by atoms with Gasteiger partial charge in [0, 0.05) is 6.20 Å². The fourth-order valence-corrected chi connectivity index (χ4v) is 1.28. The van der Waals surface area contributed by atoms with Gasteiger partial charge < -0.3 is 5.73 Å². The van der Waals surface area contributed by atoms with Crippen LogP contribution in [0.5, 0.6) is 0 Å². The van der Waals surface area contributed by atoms with Crippen LogP contribution < -0.4 is 5.73 Å². The van der Waals surface area contributed by atoms with E-state index in [-0.39, 0.29) is 5.82 Å². The van der Waals surface area contributed by atoms with Crippen LogP contribution in [-0.2, 0) is 6.18 Å². The molecule has 90 valence electrons. The second kappa shape index (κ2) is 3.76. The summed E-state index contributed by atoms with van der Waals surface area (Å²) in [6.45, 7) is 1.70. The average Bonchev–Trinajstić information content (AvgIpc) is 2.58. The highest BCUT2D eigenvalue weighted by Crippen LogP contribution is 2.28. The van der Waals surface area contributed by atoms with Gasteiger partial charge in [-0.3, -0.25) is 0 Å². The molecule has 0 aliphatic rings. The average molecular weight is 242 g/mol. The molecule has 0 radical (unpaired) electrons. The SMILES string of the molecule is Cc1nn(-c2ccc(C(F)(F)F)cn2)cc1N. The lowest BCUT2D eigenvalue weighted by molar-refractivity contribution is -0.137. The number of hydrogen-bond acceptors (Lipinski definition) is 3. The number of rotatable bonds is 1. The largest absolute Gasteiger partial charge is 0.417 e. The monoisotopic (exact) mass is 242 g/mol. The van der Waals surface area contributed by atoms with E-state index in [1.54, 1.807) is 6.92 Å². The number of anilines is 1. The second-order valence-corrected chi connectivity index (χ2v) is 3.52. The number of aromatic nitrogens is 3. The Morgan fingerprint density at radius 2 is 2.00 bits per heavy atom. The van der Waals surface area contributed by atoms with Crippen LogP contribution in [0.4, 0.5) is 18.9 Å². The smallest absolute Gasteiger partial charge is 0.396 e. The summed E-state index contributed by atoms with van der Waals surface area (Å²) >= 11 is 0. The van der Waals surface area contributed by atoms with Gasteiger partial charge in [0.05, 0.1) is 23.1 Å². The van der Waals surface area contributed by atoms with E-state index in [0.717, 1.165) is 12.3 Å². The zero-order valence-electron chi connectivity index (χ0n) is 8.86. The zero-order valence-corrected chi connectivity index (χ0v) is 8.86. The second-order valence-electron chi connectivity index (χ2n) is 3.52. The van der Waals surface area contributed by atoms with Gasteiger partial charge in [0.2, 0.25) is 0 Å². The van der Waals surface area contributed by atoms with Crippen molar-refractivity contribution in [2.45, 2.75) is 13.1 Å². The summed E-state index contributed by atoms with van der Waals surface area (Å²) in [6, 6.07) is 2.20. The molecule has 2 aromatic heterocycles. The highest BCUT2D eigenvalue weighted by Gasteiger charge is 2.30. The van der Waals surface area contributed by atoms with Crippen molar-refractivity contribution < 1.29 is 13.2 Å². The molecule has 0 aliphatic carbocycles. The molecule has 0 spiro atoms. The Morgan fingerprint density at radius 3 is 2.41 bits per heavy atom. The van der Waals surface area contributed by atoms with Crippen LogP contribution in [0.2, 0.25) is 0 Å². The predicted octanol–water partition coefficient (Wildman–Crippen LogP) is 2.18. The lowest BCUT2D eigenvalue weighted by Crippen LogP contribution is -2.07. The molecule has 0 atom stereocenters. The van der Waals surface area contributed by atoms with Crippen molar-refractivity contribution in [2.24, 2.45) is 0 Å². The first kappa shape index (κ1) is 11.4. The predicted molar refractivity (Wildman–Crippen MR) is 55.5 cm³/mol. The molecule has 2 aromatic rings. The third-order valence-corrected chi connectivity index (χ3v) is 2.25. The molecule has 0 fully saturated rings. The maximum atomic E-state index is 12.3. The van der Waals surface area contributed by atoms with Gasteiger partial charge in [0.15, 0.2) is 5.82 Å². The molecule has 7 heteroatoms. The summed E-state index contributed by atoms with van der Waals surface area (Å²) in [5, 5.41) is 4.02. The molecule has 0 unspecified atom stereocenters. The standard InChI is InChI=1S/C10H9F3N4/c1-6-8(14)5-17(16-6)9-3-2-7(4-15-9)10(11,12)13/h2-5H,14H2,1H3. The Hall–Kier alpha value is -2.05. The number of alkyl halides is 3. The van der Waals surface area contributed by atoms with Gasteiger partial charge in [-0.05, 0) is 19.1 Å². The van der Waals surface area contributed by atoms with Crippen LogP contribution >= 0.6 is 0 Å². The van der Waals surface area contributed by atoms with Crippen molar-refractivity contribution in [3.63, 3.8) is 0 Å². The molecule has 0 aromatic carbocycles. The van der Waals surface area contributed by atoms with Gasteiger partial charge in [-0.25, -0.2) is 9.67 Å². The Labute approximate surface area is 94.9 Å². The first-order valence-electron chi connectivity index (χ1n) is 4.73. The van der Waals surface area contributed by atoms with E-state index >= 15 is 0 Å². The maximum Gasteiger partial charge on any atom is 0.417 e. The quantitative estimate of drug-likeness (QED) is 0.833. The normalized spacial score (nSPS) is 11.8. The lowest BCUT2D eigenvalue weighted by atomic mass is 10.3. The van der Waals surface area contributed by atoms with E-state index in [0.29, 0.717) is 11.4 Å². The molecule has 2 N–H and O–H groups in total. The van der Waals surface area contributed by atoms with Gasteiger partial charge in [-0.2, -0.15) is 18.3 Å². The van der Waals surface area contributed by atoms with E-state index in [4.69, 9.17) is 5.73 Å². The van der Waals surface area contributed by atoms with Crippen LogP contribution in [-0.4, -0.2) is 14.8 Å². The number of nitrogens with two attached hydrogens (primary N) is 1.